The van der Waals surface area contributed by atoms with Crippen LogP contribution in [0, 0.1) is 0 Å². The summed E-state index contributed by atoms with van der Waals surface area (Å²) in [6, 6.07) is 5.49. The third-order valence-electron chi connectivity index (χ3n) is 4.35. The van der Waals surface area contributed by atoms with Gasteiger partial charge in [0.2, 0.25) is 5.91 Å². The van der Waals surface area contributed by atoms with Crippen LogP contribution in [0.15, 0.2) is 27.9 Å². The number of aromatic nitrogens is 1. The number of carboxylic acids is 1. The lowest BCUT2D eigenvalue weighted by Gasteiger charge is -2.33. The van der Waals surface area contributed by atoms with Crippen LogP contribution in [0.3, 0.4) is 0 Å². The zero-order valence-electron chi connectivity index (χ0n) is 16.0. The average molecular weight is 490 g/mol. The van der Waals surface area contributed by atoms with Crippen LogP contribution < -0.4 is 5.32 Å². The molecule has 1 unspecified atom stereocenters. The molecule has 1 aromatic carbocycles. The van der Waals surface area contributed by atoms with Gasteiger partial charge in [-0.25, -0.2) is 4.98 Å². The van der Waals surface area contributed by atoms with E-state index >= 15 is 0 Å². The van der Waals surface area contributed by atoms with Crippen molar-refractivity contribution in [1.82, 2.24) is 15.2 Å². The van der Waals surface area contributed by atoms with Crippen molar-refractivity contribution >= 4 is 58.2 Å². The Morgan fingerprint density at radius 2 is 2.23 bits per heavy atom. The van der Waals surface area contributed by atoms with E-state index in [1.807, 2.05) is 12.1 Å². The molecule has 0 bridgehead atoms. The number of thioether (sulfide) groups is 1. The first-order valence-corrected chi connectivity index (χ1v) is 11.8. The van der Waals surface area contributed by atoms with Crippen LogP contribution in [0.2, 0.25) is 10.0 Å². The van der Waals surface area contributed by atoms with Crippen LogP contribution in [0.25, 0.3) is 0 Å². The molecule has 0 spiro atoms. The molecule has 2 heterocycles. The molecule has 11 heteroatoms. The molecule has 7 nitrogen and oxygen atoms in total. The van der Waals surface area contributed by atoms with E-state index in [2.05, 4.69) is 15.2 Å². The molecule has 1 aliphatic rings. The molecule has 1 amide bonds. The van der Waals surface area contributed by atoms with Crippen molar-refractivity contribution in [2.45, 2.75) is 23.4 Å². The summed E-state index contributed by atoms with van der Waals surface area (Å²) < 4.78 is 6.45. The molecule has 0 radical (unpaired) electrons. The van der Waals surface area contributed by atoms with E-state index in [1.54, 1.807) is 11.4 Å². The van der Waals surface area contributed by atoms with Crippen molar-refractivity contribution in [3.63, 3.8) is 0 Å². The lowest BCUT2D eigenvalue weighted by Crippen LogP contribution is -2.47. The molecule has 0 saturated carbocycles. The number of halogens is 2. The van der Waals surface area contributed by atoms with Gasteiger partial charge in [-0.3, -0.25) is 14.5 Å². The number of carbonyl (C=O) groups is 2. The Hall–Kier alpha value is -1.36. The van der Waals surface area contributed by atoms with E-state index in [4.69, 9.17) is 33.0 Å². The number of hydrogen-bond donors (Lipinski definition) is 2. The standard InChI is InChI=1S/C19H21Cl2N3O4S2/c20-13-2-1-12(16(21)5-13)8-24-3-4-28-15(9-24)7-22-17(25)11-30-19-23-14(10-29-19)6-18(26)27/h1-2,5,10,15H,3-4,6-9,11H2,(H,22,25)(H,26,27). The number of hydrogen-bond acceptors (Lipinski definition) is 7. The summed E-state index contributed by atoms with van der Waals surface area (Å²) in [4.78, 5) is 29.3. The molecule has 3 rings (SSSR count). The van der Waals surface area contributed by atoms with E-state index in [0.29, 0.717) is 46.3 Å². The average Bonchev–Trinajstić information content (AvgIpc) is 3.14. The second kappa shape index (κ2) is 11.3. The number of morpholine rings is 1. The summed E-state index contributed by atoms with van der Waals surface area (Å²) in [5.74, 6) is -0.817. The third-order valence-corrected chi connectivity index (χ3v) is 7.01. The largest absolute Gasteiger partial charge is 0.481 e. The molecule has 1 aliphatic heterocycles. The van der Waals surface area contributed by atoms with Gasteiger partial charge in [0.15, 0.2) is 4.34 Å². The molecule has 162 valence electrons. The topological polar surface area (TPSA) is 91.8 Å². The number of ether oxygens (including phenoxy) is 1. The highest BCUT2D eigenvalue weighted by atomic mass is 35.5. The molecule has 0 aliphatic carbocycles. The van der Waals surface area contributed by atoms with Gasteiger partial charge in [0.25, 0.3) is 0 Å². The van der Waals surface area contributed by atoms with Crippen LogP contribution in [0.4, 0.5) is 0 Å². The smallest absolute Gasteiger partial charge is 0.309 e. The summed E-state index contributed by atoms with van der Waals surface area (Å²) in [7, 11) is 0. The number of amides is 1. The number of nitrogens with one attached hydrogen (secondary N) is 1. The fourth-order valence-electron chi connectivity index (χ4n) is 2.94. The Balaban J connectivity index is 1.40. The van der Waals surface area contributed by atoms with Gasteiger partial charge in [0.05, 0.1) is 30.6 Å². The fourth-order valence-corrected chi connectivity index (χ4v) is 5.08. The number of aliphatic carboxylic acids is 1. The number of carboxylic acid groups (broad SMARTS) is 1. The first-order chi connectivity index (χ1) is 14.4. The summed E-state index contributed by atoms with van der Waals surface area (Å²) in [5, 5.41) is 14.6. The molecular formula is C19H21Cl2N3O4S2. The van der Waals surface area contributed by atoms with Crippen LogP contribution >= 0.6 is 46.3 Å². The quantitative estimate of drug-likeness (QED) is 0.522. The summed E-state index contributed by atoms with van der Waals surface area (Å²) in [6.07, 6.45) is -0.208. The summed E-state index contributed by atoms with van der Waals surface area (Å²) in [6.45, 7) is 3.19. The van der Waals surface area contributed by atoms with E-state index in [1.165, 1.54) is 23.1 Å². The molecule has 1 saturated heterocycles. The normalized spacial score (nSPS) is 17.1. The Kier molecular flexibility index (Phi) is 8.79. The third kappa shape index (κ3) is 7.40. The van der Waals surface area contributed by atoms with Gasteiger partial charge in [-0.2, -0.15) is 0 Å². The van der Waals surface area contributed by atoms with Gasteiger partial charge in [-0.05, 0) is 17.7 Å². The number of thiazole rings is 1. The zero-order valence-corrected chi connectivity index (χ0v) is 19.1. The van der Waals surface area contributed by atoms with Crippen molar-refractivity contribution in [2.24, 2.45) is 0 Å². The minimum atomic E-state index is -0.922. The molecule has 1 fully saturated rings. The minimum absolute atomic E-state index is 0.0965. The van der Waals surface area contributed by atoms with Crippen molar-refractivity contribution in [2.75, 3.05) is 32.0 Å². The molecule has 1 atom stereocenters. The van der Waals surface area contributed by atoms with E-state index < -0.39 is 5.97 Å². The van der Waals surface area contributed by atoms with Crippen molar-refractivity contribution in [3.8, 4) is 0 Å². The molecule has 30 heavy (non-hydrogen) atoms. The monoisotopic (exact) mass is 489 g/mol. The van der Waals surface area contributed by atoms with Crippen LogP contribution in [0.5, 0.6) is 0 Å². The Labute approximate surface area is 192 Å². The van der Waals surface area contributed by atoms with Crippen LogP contribution in [-0.2, 0) is 27.3 Å². The van der Waals surface area contributed by atoms with E-state index in [9.17, 15) is 9.59 Å². The second-order valence-corrected chi connectivity index (χ2v) is 9.66. The van der Waals surface area contributed by atoms with Crippen molar-refractivity contribution in [3.05, 3.63) is 44.9 Å². The van der Waals surface area contributed by atoms with Gasteiger partial charge in [-0.15, -0.1) is 11.3 Å². The maximum atomic E-state index is 12.1. The molecule has 2 N–H and O–H groups in total. The Morgan fingerprint density at radius 1 is 1.40 bits per heavy atom. The van der Waals surface area contributed by atoms with Gasteiger partial charge >= 0.3 is 5.97 Å². The van der Waals surface area contributed by atoms with Gasteiger partial charge in [0, 0.05) is 41.6 Å². The second-order valence-electron chi connectivity index (χ2n) is 6.73. The van der Waals surface area contributed by atoms with Crippen LogP contribution in [0.1, 0.15) is 11.3 Å². The maximum absolute atomic E-state index is 12.1. The maximum Gasteiger partial charge on any atom is 0.309 e. The number of carbonyl (C=O) groups excluding carboxylic acids is 1. The lowest BCUT2D eigenvalue weighted by molar-refractivity contribution is -0.136. The highest BCUT2D eigenvalue weighted by Crippen LogP contribution is 2.24. The van der Waals surface area contributed by atoms with E-state index in [0.717, 1.165) is 12.1 Å². The number of nitrogens with zero attached hydrogens (tertiary/aromatic N) is 2. The Bertz CT molecular complexity index is 896. The fraction of sp³-hybridized carbons (Fsp3) is 0.421. The molecular weight excluding hydrogens is 469 g/mol. The zero-order chi connectivity index (χ0) is 21.5. The number of rotatable bonds is 9. The summed E-state index contributed by atoms with van der Waals surface area (Å²) in [5.41, 5.74) is 1.51. The van der Waals surface area contributed by atoms with Gasteiger partial charge in [0.1, 0.15) is 0 Å². The molecule has 2 aromatic rings. The minimum Gasteiger partial charge on any atom is -0.481 e. The Morgan fingerprint density at radius 3 is 3.00 bits per heavy atom. The van der Waals surface area contributed by atoms with Crippen molar-refractivity contribution in [1.29, 1.82) is 0 Å². The van der Waals surface area contributed by atoms with Crippen molar-refractivity contribution < 1.29 is 19.4 Å². The first kappa shape index (κ1) is 23.3. The lowest BCUT2D eigenvalue weighted by atomic mass is 10.2. The van der Waals surface area contributed by atoms with Gasteiger partial charge in [-0.1, -0.05) is 41.0 Å². The summed E-state index contributed by atoms with van der Waals surface area (Å²) >= 11 is 14.9. The highest BCUT2D eigenvalue weighted by molar-refractivity contribution is 8.01. The first-order valence-electron chi connectivity index (χ1n) is 9.22. The predicted octanol–water partition coefficient (Wildman–Crippen LogP) is 3.19. The highest BCUT2D eigenvalue weighted by Gasteiger charge is 2.22. The number of benzene rings is 1. The van der Waals surface area contributed by atoms with Gasteiger partial charge < -0.3 is 15.2 Å². The molecule has 1 aromatic heterocycles. The SMILES string of the molecule is O=C(O)Cc1csc(SCC(=O)NCC2CN(Cc3ccc(Cl)cc3Cl)CCO2)n1. The predicted molar refractivity (Wildman–Crippen MR) is 119 cm³/mol. The van der Waals surface area contributed by atoms with Crippen LogP contribution in [-0.4, -0.2) is 65.0 Å². The van der Waals surface area contributed by atoms with E-state index in [-0.39, 0.29) is 24.2 Å².